The Balaban J connectivity index is 1.65. The van der Waals surface area contributed by atoms with Crippen molar-refractivity contribution in [2.45, 2.75) is 30.6 Å². The van der Waals surface area contributed by atoms with E-state index in [0.717, 1.165) is 0 Å². The molecule has 7 atom stereocenters. The summed E-state index contributed by atoms with van der Waals surface area (Å²) in [4.78, 5) is 61.3. The highest BCUT2D eigenvalue weighted by Gasteiger charge is 2.69. The van der Waals surface area contributed by atoms with E-state index in [1.807, 2.05) is 0 Å². The second kappa shape index (κ2) is 10.1. The van der Waals surface area contributed by atoms with Gasteiger partial charge in [-0.05, 0) is 62.5 Å². The summed E-state index contributed by atoms with van der Waals surface area (Å²) in [5.41, 5.74) is 4.40. The van der Waals surface area contributed by atoms with Gasteiger partial charge in [0.2, 0.25) is 5.91 Å². The number of hydrogen-bond acceptors (Lipinski definition) is 10. The van der Waals surface area contributed by atoms with E-state index in [-0.39, 0.29) is 24.0 Å². The fourth-order valence-electron chi connectivity index (χ4n) is 6.93. The van der Waals surface area contributed by atoms with Gasteiger partial charge in [0.1, 0.15) is 17.4 Å². The Hall–Kier alpha value is -4.11. The van der Waals surface area contributed by atoms with E-state index >= 15 is 0 Å². The minimum atomic E-state index is -2.71. The molecule has 2 aromatic rings. The quantitative estimate of drug-likeness (QED) is 0.284. The van der Waals surface area contributed by atoms with Gasteiger partial charge in [-0.2, -0.15) is 0 Å². The number of rotatable bonds is 3. The number of phenols is 1. The van der Waals surface area contributed by atoms with Gasteiger partial charge in [-0.25, -0.2) is 4.98 Å². The summed E-state index contributed by atoms with van der Waals surface area (Å²) in [6.45, 7) is 0. The van der Waals surface area contributed by atoms with Crippen LogP contribution in [0.25, 0.3) is 0 Å². The number of benzene rings is 1. The Labute approximate surface area is 237 Å². The summed E-state index contributed by atoms with van der Waals surface area (Å²) in [5, 5.41) is 34.0. The van der Waals surface area contributed by atoms with Crippen molar-refractivity contribution in [3.63, 3.8) is 0 Å². The van der Waals surface area contributed by atoms with Crippen molar-refractivity contribution < 1.29 is 34.5 Å². The molecule has 2 fully saturated rings. The number of ketones is 3. The Morgan fingerprint density at radius 1 is 1.12 bits per heavy atom. The number of fused-ring (bicyclic) bond motifs is 3. The zero-order chi connectivity index (χ0) is 30.0. The smallest absolute Gasteiger partial charge is 0.230 e. The van der Waals surface area contributed by atoms with Gasteiger partial charge in [0, 0.05) is 37.9 Å². The number of aliphatic hydroxyl groups is 2. The summed E-state index contributed by atoms with van der Waals surface area (Å²) < 4.78 is 0. The third-order valence-corrected chi connectivity index (χ3v) is 8.74. The molecule has 0 bridgehead atoms. The van der Waals surface area contributed by atoms with Crippen LogP contribution in [0.15, 0.2) is 30.5 Å². The number of carbonyl (C=O) groups excluding carboxylic acids is 4. The van der Waals surface area contributed by atoms with Gasteiger partial charge in [-0.1, -0.05) is 12.0 Å². The second-order valence-electron chi connectivity index (χ2n) is 11.5. The highest BCUT2D eigenvalue weighted by molar-refractivity contribution is 6.25. The van der Waals surface area contributed by atoms with E-state index in [0.29, 0.717) is 16.9 Å². The van der Waals surface area contributed by atoms with Crippen LogP contribution in [0.3, 0.4) is 0 Å². The first-order valence-corrected chi connectivity index (χ1v) is 13.3. The van der Waals surface area contributed by atoms with Crippen LogP contribution >= 0.6 is 0 Å². The first-order chi connectivity index (χ1) is 19.3. The maximum absolute atomic E-state index is 14.1. The molecule has 11 heteroatoms. The van der Waals surface area contributed by atoms with Gasteiger partial charge in [0.05, 0.1) is 23.1 Å². The number of pyridine rings is 1. The number of nitrogens with zero attached hydrogens (tertiary/aromatic N) is 3. The first kappa shape index (κ1) is 28.4. The first-order valence-electron chi connectivity index (χ1n) is 13.3. The largest absolute Gasteiger partial charge is 0.506 e. The van der Waals surface area contributed by atoms with Crippen molar-refractivity contribution in [3.05, 3.63) is 52.8 Å². The Kier molecular flexibility index (Phi) is 6.98. The minimum Gasteiger partial charge on any atom is -0.506 e. The molecule has 1 amide bonds. The molecule has 0 saturated heterocycles. The maximum Gasteiger partial charge on any atom is 0.230 e. The SMILES string of the molecule is CN(C)c1cc(C#Cc2ccccn2)c(O)c2c1C[C@@H]1C[C@@H]3[C@@H](N(C)C)C(O)C(C(N)=O)C(=O)[C@]3(O)C(=O)C1C2=O. The monoisotopic (exact) mass is 560 g/mol. The van der Waals surface area contributed by atoms with Crippen molar-refractivity contribution in [1.82, 2.24) is 9.88 Å². The molecule has 5 rings (SSSR count). The van der Waals surface area contributed by atoms with Gasteiger partial charge in [0.25, 0.3) is 0 Å². The topological polar surface area (TPSA) is 174 Å². The molecular formula is C30H32N4O7. The lowest BCUT2D eigenvalue weighted by Gasteiger charge is -2.55. The average molecular weight is 561 g/mol. The number of phenolic OH excluding ortho intramolecular Hbond substituents is 1. The molecule has 0 aliphatic heterocycles. The van der Waals surface area contributed by atoms with Gasteiger partial charge >= 0.3 is 0 Å². The number of hydrogen-bond donors (Lipinski definition) is 4. The van der Waals surface area contributed by atoms with E-state index in [1.165, 1.54) is 0 Å². The average Bonchev–Trinajstić information content (AvgIpc) is 2.90. The van der Waals surface area contributed by atoms with Gasteiger partial charge in [-0.15, -0.1) is 0 Å². The number of nitrogens with two attached hydrogens (primary N) is 1. The van der Waals surface area contributed by atoms with E-state index in [9.17, 15) is 34.5 Å². The fraction of sp³-hybridized carbons (Fsp3) is 0.433. The third kappa shape index (κ3) is 4.22. The zero-order valence-electron chi connectivity index (χ0n) is 23.2. The molecule has 5 N–H and O–H groups in total. The van der Waals surface area contributed by atoms with Crippen LogP contribution in [0, 0.1) is 35.5 Å². The number of Topliss-reactive ketones (excluding diaryl/α,β-unsaturated/α-hetero) is 3. The fourth-order valence-corrected chi connectivity index (χ4v) is 6.93. The molecule has 11 nitrogen and oxygen atoms in total. The van der Waals surface area contributed by atoms with Crippen molar-refractivity contribution in [2.24, 2.45) is 29.4 Å². The molecule has 1 aromatic heterocycles. The third-order valence-electron chi connectivity index (χ3n) is 8.74. The van der Waals surface area contributed by atoms with Crippen molar-refractivity contribution >= 4 is 28.9 Å². The Morgan fingerprint density at radius 3 is 2.41 bits per heavy atom. The van der Waals surface area contributed by atoms with Gasteiger partial charge < -0.3 is 30.9 Å². The van der Waals surface area contributed by atoms with E-state index in [2.05, 4.69) is 16.8 Å². The molecule has 3 aliphatic rings. The van der Waals surface area contributed by atoms with Gasteiger partial charge in [0.15, 0.2) is 23.0 Å². The predicted molar refractivity (Wildman–Crippen MR) is 147 cm³/mol. The van der Waals surface area contributed by atoms with E-state index < -0.39 is 70.4 Å². The molecule has 0 radical (unpaired) electrons. The summed E-state index contributed by atoms with van der Waals surface area (Å²) in [6, 6.07) is 5.92. The number of aromatic nitrogens is 1. The summed E-state index contributed by atoms with van der Waals surface area (Å²) in [7, 11) is 6.78. The van der Waals surface area contributed by atoms with Crippen molar-refractivity contribution in [1.29, 1.82) is 0 Å². The molecule has 41 heavy (non-hydrogen) atoms. The number of likely N-dealkylation sites (N-methyl/N-ethyl adjacent to an activating group) is 1. The minimum absolute atomic E-state index is 0.0457. The molecule has 3 unspecified atom stereocenters. The standard InChI is InChI=1S/C30H32N4O7/c1-33(2)19-13-14(8-9-16-7-5-6-10-32-16)24(35)21-17(19)11-15-12-18-23(34(3)4)26(37)22(29(31)40)28(39)30(18,41)27(38)20(15)25(21)36/h5-7,10,13,15,18,20,22-23,26,35,37,41H,11-12H2,1-4H3,(H2,31,40)/t15-,18-,20?,22?,23-,26?,30-/m1/s1. The Morgan fingerprint density at radius 2 is 1.83 bits per heavy atom. The summed E-state index contributed by atoms with van der Waals surface area (Å²) >= 11 is 0. The van der Waals surface area contributed by atoms with Crippen LogP contribution in [-0.4, -0.2) is 94.4 Å². The van der Waals surface area contributed by atoms with Crippen LogP contribution in [0.1, 0.15) is 33.6 Å². The normalized spacial score (nSPS) is 30.6. The molecule has 1 heterocycles. The summed E-state index contributed by atoms with van der Waals surface area (Å²) in [5.74, 6) is -3.78. The molecule has 2 saturated carbocycles. The predicted octanol–water partition coefficient (Wildman–Crippen LogP) is -0.480. The molecule has 0 spiro atoms. The highest BCUT2D eigenvalue weighted by Crippen LogP contribution is 2.52. The van der Waals surface area contributed by atoms with Crippen LogP contribution in [0.2, 0.25) is 0 Å². The second-order valence-corrected chi connectivity index (χ2v) is 11.5. The Bertz CT molecular complexity index is 1530. The molecule has 214 valence electrons. The van der Waals surface area contributed by atoms with E-state index in [1.54, 1.807) is 68.5 Å². The van der Waals surface area contributed by atoms with Crippen molar-refractivity contribution in [2.75, 3.05) is 33.1 Å². The van der Waals surface area contributed by atoms with Crippen LogP contribution in [0.5, 0.6) is 5.75 Å². The maximum atomic E-state index is 14.1. The van der Waals surface area contributed by atoms with Crippen LogP contribution < -0.4 is 10.6 Å². The number of amides is 1. The lowest BCUT2D eigenvalue weighted by molar-refractivity contribution is -0.190. The molecular weight excluding hydrogens is 528 g/mol. The lowest BCUT2D eigenvalue weighted by atomic mass is 9.52. The van der Waals surface area contributed by atoms with Crippen LogP contribution in [0.4, 0.5) is 5.69 Å². The number of aromatic hydroxyl groups is 1. The van der Waals surface area contributed by atoms with Crippen molar-refractivity contribution in [3.8, 4) is 17.6 Å². The highest BCUT2D eigenvalue weighted by atomic mass is 16.3. The molecule has 3 aliphatic carbocycles. The number of aliphatic hydroxyl groups excluding tert-OH is 1. The van der Waals surface area contributed by atoms with E-state index in [4.69, 9.17) is 5.73 Å². The van der Waals surface area contributed by atoms with Gasteiger partial charge in [-0.3, -0.25) is 19.2 Å². The number of anilines is 1. The summed E-state index contributed by atoms with van der Waals surface area (Å²) in [6.07, 6.45) is 0.276. The van der Waals surface area contributed by atoms with Crippen LogP contribution in [-0.2, 0) is 20.8 Å². The lowest BCUT2D eigenvalue weighted by Crippen LogP contribution is -2.75. The zero-order valence-corrected chi connectivity index (χ0v) is 23.2. The number of primary amides is 1. The molecule has 1 aromatic carbocycles. The number of carbonyl (C=O) groups is 4.